The molecule has 0 aliphatic carbocycles. The summed E-state index contributed by atoms with van der Waals surface area (Å²) in [5.74, 6) is -0.0938. The molecule has 3 N–H and O–H groups in total. The van der Waals surface area contributed by atoms with E-state index in [1.165, 1.54) is 6.26 Å². The molecule has 3 aromatic rings. The second kappa shape index (κ2) is 9.10. The highest BCUT2D eigenvalue weighted by Gasteiger charge is 2.11. The molecule has 28 heavy (non-hydrogen) atoms. The van der Waals surface area contributed by atoms with Crippen molar-refractivity contribution in [3.63, 3.8) is 0 Å². The molecule has 3 amide bonds. The van der Waals surface area contributed by atoms with Gasteiger partial charge in [0.1, 0.15) is 0 Å². The van der Waals surface area contributed by atoms with Gasteiger partial charge in [-0.3, -0.25) is 4.79 Å². The minimum Gasteiger partial charge on any atom is -0.459 e. The summed E-state index contributed by atoms with van der Waals surface area (Å²) in [4.78, 5) is 24.2. The molecular weight excluding hydrogens is 378 g/mol. The third-order valence-corrected chi connectivity index (χ3v) is 4.35. The number of anilines is 1. The number of hydrogen-bond donors (Lipinski definition) is 3. The van der Waals surface area contributed by atoms with Crippen molar-refractivity contribution in [2.45, 2.75) is 19.5 Å². The highest BCUT2D eigenvalue weighted by atomic mass is 35.5. The van der Waals surface area contributed by atoms with Crippen LogP contribution in [0.3, 0.4) is 0 Å². The number of carbonyl (C=O) groups excluding carboxylic acids is 2. The number of amides is 3. The monoisotopic (exact) mass is 397 g/mol. The number of furan rings is 1. The van der Waals surface area contributed by atoms with Crippen molar-refractivity contribution in [3.05, 3.63) is 88.8 Å². The van der Waals surface area contributed by atoms with Gasteiger partial charge in [-0.05, 0) is 54.4 Å². The summed E-state index contributed by atoms with van der Waals surface area (Å²) in [5.41, 5.74) is 2.43. The van der Waals surface area contributed by atoms with Gasteiger partial charge in [0.25, 0.3) is 5.91 Å². The Bertz CT molecular complexity index is 940. The van der Waals surface area contributed by atoms with Crippen LogP contribution in [0.1, 0.15) is 34.6 Å². The van der Waals surface area contributed by atoms with Crippen LogP contribution < -0.4 is 16.0 Å². The Kier molecular flexibility index (Phi) is 6.34. The Morgan fingerprint density at radius 1 is 1.07 bits per heavy atom. The van der Waals surface area contributed by atoms with E-state index >= 15 is 0 Å². The Labute approximate surface area is 167 Å². The quantitative estimate of drug-likeness (QED) is 0.561. The van der Waals surface area contributed by atoms with Crippen molar-refractivity contribution in [1.29, 1.82) is 0 Å². The SMILES string of the molecule is CC(NC(=O)NCc1cccc(NC(=O)c2ccco2)c1)c1ccc(Cl)cc1. The predicted octanol–water partition coefficient (Wildman–Crippen LogP) is 4.75. The number of benzene rings is 2. The first kappa shape index (κ1) is 19.5. The number of carbonyl (C=O) groups is 2. The molecule has 0 aliphatic rings. The largest absolute Gasteiger partial charge is 0.459 e. The zero-order chi connectivity index (χ0) is 19.9. The van der Waals surface area contributed by atoms with E-state index in [9.17, 15) is 9.59 Å². The summed E-state index contributed by atoms with van der Waals surface area (Å²) >= 11 is 5.88. The van der Waals surface area contributed by atoms with Crippen molar-refractivity contribution in [2.75, 3.05) is 5.32 Å². The van der Waals surface area contributed by atoms with E-state index in [0.29, 0.717) is 17.3 Å². The van der Waals surface area contributed by atoms with Crippen LogP contribution in [-0.2, 0) is 6.54 Å². The third-order valence-electron chi connectivity index (χ3n) is 4.10. The highest BCUT2D eigenvalue weighted by molar-refractivity contribution is 6.30. The first-order valence-electron chi connectivity index (χ1n) is 8.75. The van der Waals surface area contributed by atoms with Crippen LogP contribution in [0, 0.1) is 0 Å². The fourth-order valence-corrected chi connectivity index (χ4v) is 2.75. The lowest BCUT2D eigenvalue weighted by molar-refractivity contribution is 0.0996. The Morgan fingerprint density at radius 3 is 2.57 bits per heavy atom. The first-order valence-corrected chi connectivity index (χ1v) is 9.12. The minimum absolute atomic E-state index is 0.156. The Balaban J connectivity index is 1.52. The molecule has 3 rings (SSSR count). The van der Waals surface area contributed by atoms with Crippen LogP contribution in [0.25, 0.3) is 0 Å². The van der Waals surface area contributed by atoms with Gasteiger partial charge >= 0.3 is 6.03 Å². The molecular formula is C21H20ClN3O3. The Hall–Kier alpha value is -3.25. The molecule has 0 bridgehead atoms. The molecule has 6 nitrogen and oxygen atoms in total. The van der Waals surface area contributed by atoms with E-state index in [-0.39, 0.29) is 23.7 Å². The molecule has 144 valence electrons. The second-order valence-electron chi connectivity index (χ2n) is 6.23. The fourth-order valence-electron chi connectivity index (χ4n) is 2.62. The van der Waals surface area contributed by atoms with E-state index < -0.39 is 0 Å². The normalized spacial score (nSPS) is 11.5. The maximum Gasteiger partial charge on any atom is 0.315 e. The maximum atomic E-state index is 12.2. The molecule has 0 spiro atoms. The van der Waals surface area contributed by atoms with Crippen LogP contribution in [-0.4, -0.2) is 11.9 Å². The number of halogens is 1. The lowest BCUT2D eigenvalue weighted by Crippen LogP contribution is -2.36. The zero-order valence-electron chi connectivity index (χ0n) is 15.2. The van der Waals surface area contributed by atoms with Crippen molar-refractivity contribution in [3.8, 4) is 0 Å². The van der Waals surface area contributed by atoms with Crippen molar-refractivity contribution < 1.29 is 14.0 Å². The summed E-state index contributed by atoms with van der Waals surface area (Å²) < 4.78 is 5.07. The summed E-state index contributed by atoms with van der Waals surface area (Å²) in [6, 6.07) is 17.4. The summed E-state index contributed by atoms with van der Waals surface area (Å²) in [6.45, 7) is 2.22. The molecule has 0 saturated carbocycles. The van der Waals surface area contributed by atoms with Gasteiger partial charge in [0, 0.05) is 17.3 Å². The average molecular weight is 398 g/mol. The van der Waals surface area contributed by atoms with Crippen LogP contribution in [0.4, 0.5) is 10.5 Å². The molecule has 0 radical (unpaired) electrons. The van der Waals surface area contributed by atoms with Crippen LogP contribution in [0.2, 0.25) is 5.02 Å². The van der Waals surface area contributed by atoms with Crippen molar-refractivity contribution >= 4 is 29.2 Å². The first-order chi connectivity index (χ1) is 13.5. The molecule has 7 heteroatoms. The van der Waals surface area contributed by atoms with Gasteiger partial charge in [0.2, 0.25) is 0 Å². The number of nitrogens with one attached hydrogen (secondary N) is 3. The average Bonchev–Trinajstić information content (AvgIpc) is 3.22. The fraction of sp³-hybridized carbons (Fsp3) is 0.143. The number of hydrogen-bond acceptors (Lipinski definition) is 3. The second-order valence-corrected chi connectivity index (χ2v) is 6.67. The highest BCUT2D eigenvalue weighted by Crippen LogP contribution is 2.16. The number of rotatable bonds is 6. The lowest BCUT2D eigenvalue weighted by atomic mass is 10.1. The van der Waals surface area contributed by atoms with E-state index in [0.717, 1.165) is 11.1 Å². The van der Waals surface area contributed by atoms with Gasteiger partial charge in [-0.15, -0.1) is 0 Å². The lowest BCUT2D eigenvalue weighted by Gasteiger charge is -2.15. The third kappa shape index (κ3) is 5.37. The molecule has 1 atom stereocenters. The molecule has 2 aromatic carbocycles. The minimum atomic E-state index is -0.329. The summed E-state index contributed by atoms with van der Waals surface area (Å²) in [5, 5.41) is 9.10. The van der Waals surface area contributed by atoms with Gasteiger partial charge < -0.3 is 20.4 Å². The molecule has 1 unspecified atom stereocenters. The summed E-state index contributed by atoms with van der Waals surface area (Å²) in [6.07, 6.45) is 1.44. The standard InChI is InChI=1S/C21H20ClN3O3/c1-14(16-7-9-17(22)10-8-16)24-21(27)23-13-15-4-2-5-18(12-15)25-20(26)19-6-3-11-28-19/h2-12,14H,13H2,1H3,(H,25,26)(H2,23,24,27). The van der Waals surface area contributed by atoms with Gasteiger partial charge in [0.05, 0.1) is 12.3 Å². The van der Waals surface area contributed by atoms with E-state index in [1.54, 1.807) is 36.4 Å². The zero-order valence-corrected chi connectivity index (χ0v) is 16.0. The molecule has 0 aliphatic heterocycles. The Morgan fingerprint density at radius 2 is 1.86 bits per heavy atom. The molecule has 1 aromatic heterocycles. The smallest absolute Gasteiger partial charge is 0.315 e. The van der Waals surface area contributed by atoms with E-state index in [4.69, 9.17) is 16.0 Å². The molecule has 0 fully saturated rings. The van der Waals surface area contributed by atoms with E-state index in [1.807, 2.05) is 31.2 Å². The van der Waals surface area contributed by atoms with Gasteiger partial charge in [-0.25, -0.2) is 4.79 Å². The van der Waals surface area contributed by atoms with Crippen molar-refractivity contribution in [1.82, 2.24) is 10.6 Å². The van der Waals surface area contributed by atoms with E-state index in [2.05, 4.69) is 16.0 Å². The van der Waals surface area contributed by atoms with Gasteiger partial charge in [-0.2, -0.15) is 0 Å². The number of urea groups is 1. The topological polar surface area (TPSA) is 83.4 Å². The van der Waals surface area contributed by atoms with Gasteiger partial charge in [0.15, 0.2) is 5.76 Å². The van der Waals surface area contributed by atoms with Crippen LogP contribution in [0.15, 0.2) is 71.3 Å². The molecule has 1 heterocycles. The van der Waals surface area contributed by atoms with Crippen LogP contribution in [0.5, 0.6) is 0 Å². The predicted molar refractivity (Wildman–Crippen MR) is 108 cm³/mol. The van der Waals surface area contributed by atoms with Crippen molar-refractivity contribution in [2.24, 2.45) is 0 Å². The van der Waals surface area contributed by atoms with Gasteiger partial charge in [-0.1, -0.05) is 35.9 Å². The molecule has 0 saturated heterocycles. The van der Waals surface area contributed by atoms with Crippen LogP contribution >= 0.6 is 11.6 Å². The maximum absolute atomic E-state index is 12.2. The summed E-state index contributed by atoms with van der Waals surface area (Å²) in [7, 11) is 0.